The number of halogens is 1. The number of carbonyl (C=O) groups excluding carboxylic acids is 1. The predicted octanol–water partition coefficient (Wildman–Crippen LogP) is 4.10. The van der Waals surface area contributed by atoms with Crippen molar-refractivity contribution in [1.29, 1.82) is 0 Å². The molecule has 2 aromatic carbocycles. The second-order valence-electron chi connectivity index (χ2n) is 5.03. The Morgan fingerprint density at radius 3 is 2.62 bits per heavy atom. The van der Waals surface area contributed by atoms with Gasteiger partial charge in [0.15, 0.2) is 0 Å². The molecule has 0 saturated carbocycles. The Balaban J connectivity index is 1.99. The van der Waals surface area contributed by atoms with Crippen LogP contribution >= 0.6 is 11.6 Å². The standard InChI is InChI=1S/C18H14ClNO4/c1-2-23-13-7-8-14-15(10-17(21)24-16(14)9-13)18(22)20-12-5-3-11(19)4-6-12/h3-10H,2H2,1H3,(H,20,22). The van der Waals surface area contributed by atoms with Crippen LogP contribution in [-0.2, 0) is 0 Å². The second kappa shape index (κ2) is 6.76. The Hall–Kier alpha value is -2.79. The summed E-state index contributed by atoms with van der Waals surface area (Å²) in [7, 11) is 0. The lowest BCUT2D eigenvalue weighted by atomic mass is 10.1. The zero-order valence-corrected chi connectivity index (χ0v) is 13.6. The summed E-state index contributed by atoms with van der Waals surface area (Å²) in [5.41, 5.74) is 0.517. The van der Waals surface area contributed by atoms with E-state index in [1.54, 1.807) is 42.5 Å². The lowest BCUT2D eigenvalue weighted by Crippen LogP contribution is -2.15. The molecule has 122 valence electrons. The van der Waals surface area contributed by atoms with E-state index in [-0.39, 0.29) is 5.56 Å². The van der Waals surface area contributed by atoms with Crippen molar-refractivity contribution in [2.24, 2.45) is 0 Å². The molecule has 0 aliphatic heterocycles. The lowest BCUT2D eigenvalue weighted by Gasteiger charge is -2.09. The maximum absolute atomic E-state index is 12.5. The van der Waals surface area contributed by atoms with Crippen LogP contribution in [0.4, 0.5) is 5.69 Å². The number of ether oxygens (including phenoxy) is 1. The number of rotatable bonds is 4. The third-order valence-electron chi connectivity index (χ3n) is 3.37. The molecule has 1 amide bonds. The molecule has 0 aliphatic rings. The van der Waals surface area contributed by atoms with Crippen molar-refractivity contribution in [3.8, 4) is 5.75 Å². The van der Waals surface area contributed by atoms with E-state index in [4.69, 9.17) is 20.8 Å². The first-order valence-electron chi connectivity index (χ1n) is 7.34. The van der Waals surface area contributed by atoms with Gasteiger partial charge < -0.3 is 14.5 Å². The minimum Gasteiger partial charge on any atom is -0.494 e. The fraction of sp³-hybridized carbons (Fsp3) is 0.111. The SMILES string of the molecule is CCOc1ccc2c(C(=O)Nc3ccc(Cl)cc3)cc(=O)oc2c1. The molecule has 0 spiro atoms. The first kappa shape index (κ1) is 16.1. The third kappa shape index (κ3) is 3.41. The number of hydrogen-bond donors (Lipinski definition) is 1. The van der Waals surface area contributed by atoms with Crippen LogP contribution in [0.1, 0.15) is 17.3 Å². The van der Waals surface area contributed by atoms with Crippen molar-refractivity contribution in [1.82, 2.24) is 0 Å². The summed E-state index contributed by atoms with van der Waals surface area (Å²) in [4.78, 5) is 24.3. The lowest BCUT2D eigenvalue weighted by molar-refractivity contribution is 0.102. The number of benzene rings is 2. The van der Waals surface area contributed by atoms with Crippen molar-refractivity contribution < 1.29 is 13.9 Å². The minimum atomic E-state index is -0.600. The van der Waals surface area contributed by atoms with Gasteiger partial charge in [-0.2, -0.15) is 0 Å². The van der Waals surface area contributed by atoms with Crippen LogP contribution in [0.15, 0.2) is 57.7 Å². The van der Waals surface area contributed by atoms with Gasteiger partial charge >= 0.3 is 5.63 Å². The molecule has 0 radical (unpaired) electrons. The molecule has 0 bridgehead atoms. The minimum absolute atomic E-state index is 0.235. The maximum atomic E-state index is 12.5. The van der Waals surface area contributed by atoms with Crippen LogP contribution < -0.4 is 15.7 Å². The molecule has 3 rings (SSSR count). The van der Waals surface area contributed by atoms with E-state index in [2.05, 4.69) is 5.32 Å². The van der Waals surface area contributed by atoms with Crippen molar-refractivity contribution in [2.75, 3.05) is 11.9 Å². The highest BCUT2D eigenvalue weighted by Gasteiger charge is 2.14. The molecule has 1 N–H and O–H groups in total. The van der Waals surface area contributed by atoms with Crippen LogP contribution in [0.5, 0.6) is 5.75 Å². The fourth-order valence-corrected chi connectivity index (χ4v) is 2.45. The Morgan fingerprint density at radius 2 is 1.92 bits per heavy atom. The highest BCUT2D eigenvalue weighted by molar-refractivity contribution is 6.30. The van der Waals surface area contributed by atoms with E-state index < -0.39 is 11.5 Å². The van der Waals surface area contributed by atoms with Gasteiger partial charge in [-0.15, -0.1) is 0 Å². The second-order valence-corrected chi connectivity index (χ2v) is 5.47. The number of anilines is 1. The summed E-state index contributed by atoms with van der Waals surface area (Å²) >= 11 is 5.83. The summed E-state index contributed by atoms with van der Waals surface area (Å²) in [6.07, 6.45) is 0. The van der Waals surface area contributed by atoms with Gasteiger partial charge in [0.1, 0.15) is 11.3 Å². The number of amides is 1. The number of nitrogens with one attached hydrogen (secondary N) is 1. The van der Waals surface area contributed by atoms with Crippen LogP contribution in [-0.4, -0.2) is 12.5 Å². The number of hydrogen-bond acceptors (Lipinski definition) is 4. The van der Waals surface area contributed by atoms with Crippen LogP contribution in [0.25, 0.3) is 11.0 Å². The van der Waals surface area contributed by atoms with E-state index in [1.807, 2.05) is 6.92 Å². The first-order chi connectivity index (χ1) is 11.6. The van der Waals surface area contributed by atoms with Gasteiger partial charge in [-0.3, -0.25) is 4.79 Å². The Bertz CT molecular complexity index is 947. The molecule has 5 nitrogen and oxygen atoms in total. The highest BCUT2D eigenvalue weighted by Crippen LogP contribution is 2.23. The molecular formula is C18H14ClNO4. The van der Waals surface area contributed by atoms with Crippen LogP contribution in [0.3, 0.4) is 0 Å². The average Bonchev–Trinajstić information content (AvgIpc) is 2.56. The molecule has 3 aromatic rings. The first-order valence-corrected chi connectivity index (χ1v) is 7.72. The van der Waals surface area contributed by atoms with Gasteiger partial charge in [0.2, 0.25) is 0 Å². The van der Waals surface area contributed by atoms with Gasteiger partial charge in [-0.05, 0) is 43.3 Å². The summed E-state index contributed by atoms with van der Waals surface area (Å²) in [5, 5.41) is 3.84. The molecule has 24 heavy (non-hydrogen) atoms. The van der Waals surface area contributed by atoms with Crippen molar-refractivity contribution in [3.63, 3.8) is 0 Å². The Labute approximate surface area is 142 Å². The molecule has 0 saturated heterocycles. The molecule has 0 aliphatic carbocycles. The van der Waals surface area contributed by atoms with Gasteiger partial charge in [-0.1, -0.05) is 11.6 Å². The predicted molar refractivity (Wildman–Crippen MR) is 93.1 cm³/mol. The summed E-state index contributed by atoms with van der Waals surface area (Å²) in [6, 6.07) is 12.9. The topological polar surface area (TPSA) is 68.5 Å². The average molecular weight is 344 g/mol. The summed E-state index contributed by atoms with van der Waals surface area (Å²) < 4.78 is 10.6. The molecule has 6 heteroatoms. The van der Waals surface area contributed by atoms with Crippen LogP contribution in [0.2, 0.25) is 5.02 Å². The third-order valence-corrected chi connectivity index (χ3v) is 3.63. The molecular weight excluding hydrogens is 330 g/mol. The zero-order valence-electron chi connectivity index (χ0n) is 12.8. The van der Waals surface area contributed by atoms with E-state index in [0.29, 0.717) is 34.0 Å². The maximum Gasteiger partial charge on any atom is 0.337 e. The Kier molecular flexibility index (Phi) is 4.53. The van der Waals surface area contributed by atoms with E-state index in [0.717, 1.165) is 0 Å². The molecule has 0 fully saturated rings. The quantitative estimate of drug-likeness (QED) is 0.724. The molecule has 1 heterocycles. The van der Waals surface area contributed by atoms with Crippen LogP contribution in [0, 0.1) is 0 Å². The Morgan fingerprint density at radius 1 is 1.17 bits per heavy atom. The molecule has 0 atom stereocenters. The summed E-state index contributed by atoms with van der Waals surface area (Å²) in [6.45, 7) is 2.35. The van der Waals surface area contributed by atoms with Gasteiger partial charge in [0, 0.05) is 28.2 Å². The number of carbonyl (C=O) groups is 1. The largest absolute Gasteiger partial charge is 0.494 e. The van der Waals surface area contributed by atoms with E-state index >= 15 is 0 Å². The summed E-state index contributed by atoms with van der Waals surface area (Å²) in [5.74, 6) is 0.169. The van der Waals surface area contributed by atoms with Gasteiger partial charge in [-0.25, -0.2) is 4.79 Å². The van der Waals surface area contributed by atoms with Crippen molar-refractivity contribution in [3.05, 3.63) is 69.5 Å². The van der Waals surface area contributed by atoms with Crippen molar-refractivity contribution >= 4 is 34.2 Å². The van der Waals surface area contributed by atoms with Gasteiger partial charge in [0.05, 0.1) is 12.2 Å². The smallest absolute Gasteiger partial charge is 0.337 e. The van der Waals surface area contributed by atoms with Crippen molar-refractivity contribution in [2.45, 2.75) is 6.92 Å². The molecule has 0 unspecified atom stereocenters. The zero-order chi connectivity index (χ0) is 17.1. The highest BCUT2D eigenvalue weighted by atomic mass is 35.5. The molecule has 1 aromatic heterocycles. The monoisotopic (exact) mass is 343 g/mol. The van der Waals surface area contributed by atoms with Gasteiger partial charge in [0.25, 0.3) is 5.91 Å². The van der Waals surface area contributed by atoms with E-state index in [1.165, 1.54) is 6.07 Å². The van der Waals surface area contributed by atoms with E-state index in [9.17, 15) is 9.59 Å². The fourth-order valence-electron chi connectivity index (χ4n) is 2.32. The number of fused-ring (bicyclic) bond motifs is 1. The normalized spacial score (nSPS) is 10.6.